The minimum atomic E-state index is -0.142. The molecule has 6 nitrogen and oxygen atoms in total. The number of methoxy groups -OCH3 is 1. The third-order valence-electron chi connectivity index (χ3n) is 4.77. The van der Waals surface area contributed by atoms with Crippen molar-refractivity contribution in [2.24, 2.45) is 0 Å². The summed E-state index contributed by atoms with van der Waals surface area (Å²) in [4.78, 5) is 23.9. The van der Waals surface area contributed by atoms with Crippen LogP contribution in [0.15, 0.2) is 42.5 Å². The molecule has 2 aromatic rings. The van der Waals surface area contributed by atoms with Crippen molar-refractivity contribution in [1.82, 2.24) is 10.6 Å². The van der Waals surface area contributed by atoms with E-state index in [1.54, 1.807) is 0 Å². The maximum atomic E-state index is 12.2. The minimum absolute atomic E-state index is 0.0183. The minimum Gasteiger partial charge on any atom is -0.484 e. The Labute approximate surface area is 159 Å². The van der Waals surface area contributed by atoms with Crippen molar-refractivity contribution in [1.29, 1.82) is 0 Å². The highest BCUT2D eigenvalue weighted by atomic mass is 16.5. The summed E-state index contributed by atoms with van der Waals surface area (Å²) in [6, 6.07) is 13.9. The van der Waals surface area contributed by atoms with E-state index in [0.717, 1.165) is 36.5 Å². The van der Waals surface area contributed by atoms with E-state index in [0.29, 0.717) is 5.75 Å². The summed E-state index contributed by atoms with van der Waals surface area (Å²) in [5.41, 5.74) is 0. The fraction of sp³-hybridized carbons (Fsp3) is 0.429. The topological polar surface area (TPSA) is 76.7 Å². The Balaban J connectivity index is 1.46. The fourth-order valence-electron chi connectivity index (χ4n) is 3.53. The normalized spacial score (nSPS) is 19.4. The number of carbonyl (C=O) groups excluding carboxylic acids is 2. The second-order valence-electron chi connectivity index (χ2n) is 6.93. The second-order valence-corrected chi connectivity index (χ2v) is 6.93. The molecule has 1 saturated carbocycles. The molecule has 27 heavy (non-hydrogen) atoms. The molecule has 0 aliphatic heterocycles. The lowest BCUT2D eigenvalue weighted by atomic mass is 9.91. The quantitative estimate of drug-likeness (QED) is 0.785. The van der Waals surface area contributed by atoms with Crippen molar-refractivity contribution in [3.05, 3.63) is 42.5 Å². The average Bonchev–Trinajstić information content (AvgIpc) is 2.66. The maximum absolute atomic E-state index is 12.2. The number of hydrogen-bond donors (Lipinski definition) is 2. The smallest absolute Gasteiger partial charge is 0.258 e. The molecule has 6 heteroatoms. The van der Waals surface area contributed by atoms with E-state index in [4.69, 9.17) is 9.47 Å². The third kappa shape index (κ3) is 5.69. The molecular formula is C21H26N2O4. The summed E-state index contributed by atoms with van der Waals surface area (Å²) in [5.74, 6) is 0.420. The molecule has 0 bridgehead atoms. The Kier molecular flexibility index (Phi) is 6.65. The number of ether oxygens (including phenoxy) is 2. The van der Waals surface area contributed by atoms with Crippen LogP contribution in [0.2, 0.25) is 0 Å². The van der Waals surface area contributed by atoms with Crippen LogP contribution in [0.3, 0.4) is 0 Å². The molecule has 3 rings (SSSR count). The highest BCUT2D eigenvalue weighted by Crippen LogP contribution is 2.21. The van der Waals surface area contributed by atoms with Gasteiger partial charge in [-0.1, -0.05) is 30.3 Å². The number of rotatable bonds is 7. The van der Waals surface area contributed by atoms with Gasteiger partial charge >= 0.3 is 0 Å². The lowest BCUT2D eigenvalue weighted by Gasteiger charge is -2.30. The molecule has 2 aromatic carbocycles. The van der Waals surface area contributed by atoms with Gasteiger partial charge < -0.3 is 20.1 Å². The molecule has 0 heterocycles. The molecule has 2 amide bonds. The van der Waals surface area contributed by atoms with E-state index < -0.39 is 0 Å². The number of fused-ring (bicyclic) bond motifs is 1. The average molecular weight is 370 g/mol. The maximum Gasteiger partial charge on any atom is 0.258 e. The molecule has 1 aliphatic rings. The number of amides is 2. The van der Waals surface area contributed by atoms with Gasteiger partial charge in [-0.05, 0) is 48.6 Å². The molecule has 0 unspecified atom stereocenters. The Hall–Kier alpha value is -2.60. The Morgan fingerprint density at radius 3 is 2.33 bits per heavy atom. The lowest BCUT2D eigenvalue weighted by molar-refractivity contribution is -0.125. The van der Waals surface area contributed by atoms with Gasteiger partial charge in [0.1, 0.15) is 12.4 Å². The van der Waals surface area contributed by atoms with Gasteiger partial charge in [0.2, 0.25) is 5.91 Å². The first-order chi connectivity index (χ1) is 13.1. The number of benzene rings is 2. The molecule has 0 aromatic heterocycles. The van der Waals surface area contributed by atoms with Crippen LogP contribution in [-0.2, 0) is 14.3 Å². The standard InChI is InChI=1S/C21H26N2O4/c1-26-13-20(24)22-17-7-4-8-18(12-17)23-21(25)14-27-19-10-9-15-5-2-3-6-16(15)11-19/h2-3,5-6,9-11,17-18H,4,7-8,12-14H2,1H3,(H,22,24)(H,23,25)/t17-,18-/m1/s1. The first-order valence-electron chi connectivity index (χ1n) is 9.33. The van der Waals surface area contributed by atoms with E-state index in [9.17, 15) is 9.59 Å². The van der Waals surface area contributed by atoms with Crippen molar-refractivity contribution in [3.8, 4) is 5.75 Å². The lowest BCUT2D eigenvalue weighted by Crippen LogP contribution is -2.47. The molecular weight excluding hydrogens is 344 g/mol. The van der Waals surface area contributed by atoms with Crippen molar-refractivity contribution in [2.75, 3.05) is 20.3 Å². The number of hydrogen-bond acceptors (Lipinski definition) is 4. The first kappa shape index (κ1) is 19.2. The van der Waals surface area contributed by atoms with Crippen LogP contribution >= 0.6 is 0 Å². The van der Waals surface area contributed by atoms with Gasteiger partial charge in [-0.2, -0.15) is 0 Å². The van der Waals surface area contributed by atoms with E-state index in [2.05, 4.69) is 10.6 Å². The van der Waals surface area contributed by atoms with Gasteiger partial charge in [-0.15, -0.1) is 0 Å². The number of nitrogens with one attached hydrogen (secondary N) is 2. The van der Waals surface area contributed by atoms with E-state index in [-0.39, 0.29) is 37.1 Å². The number of carbonyl (C=O) groups is 2. The Bertz CT molecular complexity index is 793. The molecule has 0 saturated heterocycles. The predicted molar refractivity (Wildman–Crippen MR) is 104 cm³/mol. The van der Waals surface area contributed by atoms with Crippen LogP contribution in [-0.4, -0.2) is 44.2 Å². The molecule has 2 atom stereocenters. The molecule has 1 aliphatic carbocycles. The van der Waals surface area contributed by atoms with Crippen LogP contribution in [0.1, 0.15) is 25.7 Å². The molecule has 1 fully saturated rings. The zero-order chi connectivity index (χ0) is 19.1. The van der Waals surface area contributed by atoms with Gasteiger partial charge in [0, 0.05) is 19.2 Å². The van der Waals surface area contributed by atoms with Crippen molar-refractivity contribution >= 4 is 22.6 Å². The molecule has 144 valence electrons. The van der Waals surface area contributed by atoms with Crippen LogP contribution in [0.5, 0.6) is 5.75 Å². The summed E-state index contributed by atoms with van der Waals surface area (Å²) in [6.07, 6.45) is 3.54. The summed E-state index contributed by atoms with van der Waals surface area (Å²) in [5, 5.41) is 8.18. The van der Waals surface area contributed by atoms with E-state index in [1.807, 2.05) is 42.5 Å². The predicted octanol–water partition coefficient (Wildman–Crippen LogP) is 2.41. The van der Waals surface area contributed by atoms with Gasteiger partial charge in [-0.3, -0.25) is 9.59 Å². The Morgan fingerprint density at radius 1 is 0.963 bits per heavy atom. The van der Waals surface area contributed by atoms with Crippen LogP contribution in [0, 0.1) is 0 Å². The SMILES string of the molecule is COCC(=O)N[C@@H]1CCC[C@@H](NC(=O)COc2ccc3ccccc3c2)C1. The van der Waals surface area contributed by atoms with E-state index >= 15 is 0 Å². The summed E-state index contributed by atoms with van der Waals surface area (Å²) < 4.78 is 10.5. The van der Waals surface area contributed by atoms with Crippen molar-refractivity contribution < 1.29 is 19.1 Å². The third-order valence-corrected chi connectivity index (χ3v) is 4.77. The van der Waals surface area contributed by atoms with E-state index in [1.165, 1.54) is 7.11 Å². The van der Waals surface area contributed by atoms with Gasteiger partial charge in [0.05, 0.1) is 0 Å². The monoisotopic (exact) mass is 370 g/mol. The molecule has 2 N–H and O–H groups in total. The fourth-order valence-corrected chi connectivity index (χ4v) is 3.53. The van der Waals surface area contributed by atoms with Crippen LogP contribution in [0.25, 0.3) is 10.8 Å². The summed E-state index contributed by atoms with van der Waals surface area (Å²) in [7, 11) is 1.50. The second kappa shape index (κ2) is 9.37. The zero-order valence-electron chi connectivity index (χ0n) is 15.6. The van der Waals surface area contributed by atoms with Crippen LogP contribution < -0.4 is 15.4 Å². The summed E-state index contributed by atoms with van der Waals surface area (Å²) >= 11 is 0. The van der Waals surface area contributed by atoms with Crippen molar-refractivity contribution in [2.45, 2.75) is 37.8 Å². The highest BCUT2D eigenvalue weighted by molar-refractivity contribution is 5.84. The highest BCUT2D eigenvalue weighted by Gasteiger charge is 2.24. The van der Waals surface area contributed by atoms with Gasteiger partial charge in [-0.25, -0.2) is 0 Å². The largest absolute Gasteiger partial charge is 0.484 e. The molecule has 0 radical (unpaired) electrons. The van der Waals surface area contributed by atoms with Gasteiger partial charge in [0.25, 0.3) is 5.91 Å². The Morgan fingerprint density at radius 2 is 1.63 bits per heavy atom. The summed E-state index contributed by atoms with van der Waals surface area (Å²) in [6.45, 7) is 0.0443. The molecule has 0 spiro atoms. The zero-order valence-corrected chi connectivity index (χ0v) is 15.6. The van der Waals surface area contributed by atoms with Crippen molar-refractivity contribution in [3.63, 3.8) is 0 Å². The van der Waals surface area contributed by atoms with Gasteiger partial charge in [0.15, 0.2) is 6.61 Å². The van der Waals surface area contributed by atoms with Crippen LogP contribution in [0.4, 0.5) is 0 Å². The first-order valence-corrected chi connectivity index (χ1v) is 9.33.